The fourth-order valence-electron chi connectivity index (χ4n) is 5.05. The summed E-state index contributed by atoms with van der Waals surface area (Å²) in [6.45, 7) is 1.88. The zero-order valence-electron chi connectivity index (χ0n) is 21.0. The topological polar surface area (TPSA) is 84.8 Å². The van der Waals surface area contributed by atoms with Crippen LogP contribution in [-0.2, 0) is 11.4 Å². The Morgan fingerprint density at radius 1 is 1.14 bits per heavy atom. The first-order valence-corrected chi connectivity index (χ1v) is 12.9. The summed E-state index contributed by atoms with van der Waals surface area (Å²) in [5.41, 5.74) is 2.48. The maximum Gasteiger partial charge on any atom is 0.303 e. The summed E-state index contributed by atoms with van der Waals surface area (Å²) in [5.74, 6) is 1.15. The Balaban J connectivity index is 1.39. The molecule has 1 saturated heterocycles. The van der Waals surface area contributed by atoms with Gasteiger partial charge >= 0.3 is 5.97 Å². The number of halogens is 1. The van der Waals surface area contributed by atoms with E-state index in [0.717, 1.165) is 50.8 Å². The van der Waals surface area contributed by atoms with Gasteiger partial charge in [0.2, 0.25) is 0 Å². The highest BCUT2D eigenvalue weighted by Crippen LogP contribution is 2.45. The molecular formula is C29H32FN3O4. The number of ether oxygens (including phenoxy) is 2. The highest BCUT2D eigenvalue weighted by atomic mass is 19.1. The number of methoxy groups -OCH3 is 1. The largest absolute Gasteiger partial charge is 0.497 e. The molecule has 1 aromatic heterocycles. The van der Waals surface area contributed by atoms with Crippen molar-refractivity contribution in [1.82, 2.24) is 9.97 Å². The minimum Gasteiger partial charge on any atom is -0.497 e. The van der Waals surface area contributed by atoms with E-state index in [1.54, 1.807) is 25.4 Å². The molecule has 2 fully saturated rings. The van der Waals surface area contributed by atoms with Gasteiger partial charge in [-0.3, -0.25) is 9.78 Å². The molecule has 1 aliphatic heterocycles. The quantitative estimate of drug-likeness (QED) is 0.371. The number of hydrogen-bond donors (Lipinski definition) is 1. The van der Waals surface area contributed by atoms with Crippen LogP contribution in [0.1, 0.15) is 55.7 Å². The lowest BCUT2D eigenvalue weighted by Crippen LogP contribution is -2.31. The lowest BCUT2D eigenvalue weighted by Gasteiger charge is -2.29. The van der Waals surface area contributed by atoms with E-state index in [9.17, 15) is 14.3 Å². The monoisotopic (exact) mass is 505 g/mol. The van der Waals surface area contributed by atoms with Crippen molar-refractivity contribution >= 4 is 11.8 Å². The Hall–Kier alpha value is -3.68. The standard InChI is InChI=1S/C29H32FN3O4/c1-36-22-10-11-26(30)25(15-22)28-29(33-12-3-2-4-13-33)32-21(17-31-28)18-37-23-7-5-6-20(14-23)24(16-27(34)35)19-8-9-19/h5-7,10-11,14-15,17,19,24H,2-4,8-9,12-13,16,18H2,1H3,(H,34,35)/t24-/m0/s1. The number of benzene rings is 2. The molecule has 3 aromatic rings. The third-order valence-electron chi connectivity index (χ3n) is 7.15. The SMILES string of the molecule is COc1ccc(F)c(-c2ncc(COc3cccc([C@@H](CC(=O)O)C4CC4)c3)nc2N2CCCCC2)c1. The van der Waals surface area contributed by atoms with E-state index in [4.69, 9.17) is 14.5 Å². The van der Waals surface area contributed by atoms with E-state index in [0.29, 0.717) is 40.2 Å². The van der Waals surface area contributed by atoms with Crippen molar-refractivity contribution in [3.05, 3.63) is 65.7 Å². The Kier molecular flexibility index (Phi) is 7.53. The Morgan fingerprint density at radius 3 is 2.68 bits per heavy atom. The van der Waals surface area contributed by atoms with Crippen molar-refractivity contribution in [2.75, 3.05) is 25.1 Å². The normalized spacial score (nSPS) is 16.3. The van der Waals surface area contributed by atoms with E-state index in [2.05, 4.69) is 9.88 Å². The smallest absolute Gasteiger partial charge is 0.303 e. The second-order valence-electron chi connectivity index (χ2n) is 9.83. The van der Waals surface area contributed by atoms with Crippen LogP contribution in [0.15, 0.2) is 48.7 Å². The van der Waals surface area contributed by atoms with Crippen molar-refractivity contribution < 1.29 is 23.8 Å². The van der Waals surface area contributed by atoms with Crippen molar-refractivity contribution in [3.8, 4) is 22.8 Å². The van der Waals surface area contributed by atoms with Crippen molar-refractivity contribution in [2.45, 2.75) is 51.0 Å². The van der Waals surface area contributed by atoms with Gasteiger partial charge in [-0.2, -0.15) is 0 Å². The zero-order valence-corrected chi connectivity index (χ0v) is 21.0. The van der Waals surface area contributed by atoms with Gasteiger partial charge in [0.05, 0.1) is 25.4 Å². The molecule has 2 heterocycles. The van der Waals surface area contributed by atoms with Gasteiger partial charge in [0.15, 0.2) is 5.82 Å². The van der Waals surface area contributed by atoms with E-state index < -0.39 is 5.97 Å². The summed E-state index contributed by atoms with van der Waals surface area (Å²) in [7, 11) is 1.55. The van der Waals surface area contributed by atoms with Gasteiger partial charge in [0.1, 0.15) is 29.6 Å². The van der Waals surface area contributed by atoms with Crippen LogP contribution in [0.25, 0.3) is 11.3 Å². The summed E-state index contributed by atoms with van der Waals surface area (Å²) in [6.07, 6.45) is 7.15. The third kappa shape index (κ3) is 6.01. The molecule has 1 atom stereocenters. The number of carbonyl (C=O) groups is 1. The van der Waals surface area contributed by atoms with Crippen LogP contribution in [0.5, 0.6) is 11.5 Å². The van der Waals surface area contributed by atoms with Crippen LogP contribution in [-0.4, -0.2) is 41.2 Å². The van der Waals surface area contributed by atoms with Gasteiger partial charge in [-0.05, 0) is 79.8 Å². The minimum atomic E-state index is -0.781. The Morgan fingerprint density at radius 2 is 1.95 bits per heavy atom. The molecule has 1 N–H and O–H groups in total. The van der Waals surface area contributed by atoms with Gasteiger partial charge in [0.25, 0.3) is 0 Å². The lowest BCUT2D eigenvalue weighted by atomic mass is 9.91. The van der Waals surface area contributed by atoms with Gasteiger partial charge in [-0.25, -0.2) is 9.37 Å². The summed E-state index contributed by atoms with van der Waals surface area (Å²) in [5, 5.41) is 9.35. The molecule has 0 radical (unpaired) electrons. The predicted octanol–water partition coefficient (Wildman–Crippen LogP) is 5.83. The van der Waals surface area contributed by atoms with Gasteiger partial charge in [-0.15, -0.1) is 0 Å². The highest BCUT2D eigenvalue weighted by molar-refractivity contribution is 5.74. The number of aromatic nitrogens is 2. The molecule has 1 saturated carbocycles. The fraction of sp³-hybridized carbons (Fsp3) is 0.414. The average Bonchev–Trinajstić information content (AvgIpc) is 3.77. The molecule has 0 unspecified atom stereocenters. The first-order chi connectivity index (χ1) is 18.0. The van der Waals surface area contributed by atoms with Crippen molar-refractivity contribution in [2.24, 2.45) is 5.92 Å². The number of anilines is 1. The van der Waals surface area contributed by atoms with Crippen molar-refractivity contribution in [1.29, 1.82) is 0 Å². The van der Waals surface area contributed by atoms with Crippen LogP contribution in [0.3, 0.4) is 0 Å². The molecule has 2 aromatic carbocycles. The van der Waals surface area contributed by atoms with E-state index in [1.165, 1.54) is 6.07 Å². The summed E-state index contributed by atoms with van der Waals surface area (Å²) in [6, 6.07) is 12.3. The third-order valence-corrected chi connectivity index (χ3v) is 7.15. The molecule has 0 spiro atoms. The molecule has 5 rings (SSSR count). The van der Waals surface area contributed by atoms with Gasteiger partial charge < -0.3 is 19.5 Å². The first kappa shape index (κ1) is 25.0. The Bertz CT molecular complexity index is 1260. The number of aliphatic carboxylic acids is 1. The molecule has 8 heteroatoms. The lowest BCUT2D eigenvalue weighted by molar-refractivity contribution is -0.137. The van der Waals surface area contributed by atoms with E-state index >= 15 is 0 Å². The van der Waals surface area contributed by atoms with Crippen LogP contribution >= 0.6 is 0 Å². The number of rotatable bonds is 10. The van der Waals surface area contributed by atoms with Crippen LogP contribution < -0.4 is 14.4 Å². The Labute approximate surface area is 216 Å². The predicted molar refractivity (Wildman–Crippen MR) is 139 cm³/mol. The molecule has 194 valence electrons. The molecule has 7 nitrogen and oxygen atoms in total. The molecule has 0 bridgehead atoms. The van der Waals surface area contributed by atoms with Crippen molar-refractivity contribution in [3.63, 3.8) is 0 Å². The molecule has 1 aliphatic carbocycles. The molecule has 37 heavy (non-hydrogen) atoms. The highest BCUT2D eigenvalue weighted by Gasteiger charge is 2.33. The van der Waals surface area contributed by atoms with E-state index in [1.807, 2.05) is 24.3 Å². The first-order valence-electron chi connectivity index (χ1n) is 12.9. The second kappa shape index (κ2) is 11.2. The zero-order chi connectivity index (χ0) is 25.8. The maximum absolute atomic E-state index is 14.8. The summed E-state index contributed by atoms with van der Waals surface area (Å²) < 4.78 is 26.2. The molecular weight excluding hydrogens is 473 g/mol. The van der Waals surface area contributed by atoms with Gasteiger partial charge in [0, 0.05) is 18.7 Å². The molecule has 2 aliphatic rings. The van der Waals surface area contributed by atoms with Crippen LogP contribution in [0.4, 0.5) is 10.2 Å². The van der Waals surface area contributed by atoms with Crippen LogP contribution in [0, 0.1) is 11.7 Å². The maximum atomic E-state index is 14.8. The minimum absolute atomic E-state index is 0.00332. The number of piperidine rings is 1. The number of carboxylic acids is 1. The molecule has 0 amide bonds. The van der Waals surface area contributed by atoms with E-state index in [-0.39, 0.29) is 24.8 Å². The number of carboxylic acid groups (broad SMARTS) is 1. The van der Waals surface area contributed by atoms with Crippen LogP contribution in [0.2, 0.25) is 0 Å². The number of nitrogens with zero attached hydrogens (tertiary/aromatic N) is 3. The van der Waals surface area contributed by atoms with Gasteiger partial charge in [-0.1, -0.05) is 12.1 Å². The average molecular weight is 506 g/mol. The summed E-state index contributed by atoms with van der Waals surface area (Å²) >= 11 is 0. The number of hydrogen-bond acceptors (Lipinski definition) is 6. The fourth-order valence-corrected chi connectivity index (χ4v) is 5.05. The summed E-state index contributed by atoms with van der Waals surface area (Å²) in [4.78, 5) is 23.1. The second-order valence-corrected chi connectivity index (χ2v) is 9.83.